The summed E-state index contributed by atoms with van der Waals surface area (Å²) in [4.78, 5) is 0. The van der Waals surface area contributed by atoms with Crippen molar-refractivity contribution < 1.29 is 22.3 Å². The van der Waals surface area contributed by atoms with Gasteiger partial charge < -0.3 is 4.74 Å². The third-order valence-corrected chi connectivity index (χ3v) is 5.48. The minimum absolute atomic E-state index is 0.110. The van der Waals surface area contributed by atoms with Crippen LogP contribution in [0, 0.1) is 47.0 Å². The lowest BCUT2D eigenvalue weighted by Crippen LogP contribution is -2.00. The van der Waals surface area contributed by atoms with Crippen LogP contribution in [0.25, 0.3) is 10.8 Å². The normalized spacial score (nSPS) is 10.4. The molecule has 0 radical (unpaired) electrons. The molecule has 0 heterocycles. The first kappa shape index (κ1) is 24.9. The lowest BCUT2D eigenvalue weighted by Gasteiger charge is -2.07. The van der Waals surface area contributed by atoms with E-state index >= 15 is 0 Å². The summed E-state index contributed by atoms with van der Waals surface area (Å²) in [6.07, 6.45) is 2.79. The van der Waals surface area contributed by atoms with E-state index in [0.717, 1.165) is 42.2 Å². The smallest absolute Gasteiger partial charge is 0.145 e. The average molecular weight is 487 g/mol. The van der Waals surface area contributed by atoms with Crippen LogP contribution in [-0.2, 0) is 0 Å². The van der Waals surface area contributed by atoms with Crippen LogP contribution in [0.3, 0.4) is 0 Å². The molecule has 0 amide bonds. The second kappa shape index (κ2) is 11.5. The molecule has 5 heteroatoms. The van der Waals surface area contributed by atoms with Crippen molar-refractivity contribution in [3.8, 4) is 29.4 Å². The molecule has 0 N–H and O–H groups in total. The standard InChI is InChI=1S/C31H22F4O/c1-2-3-4-15-36-27-19-30(34)28(31(35)20-27)14-8-22-6-10-23(29(33)17-22)9-5-21-7-11-25-18-26(32)13-12-24(25)16-21/h6-7,10-13,16-20H,2-4,15H2,1H3. The fourth-order valence-electron chi connectivity index (χ4n) is 3.56. The summed E-state index contributed by atoms with van der Waals surface area (Å²) < 4.78 is 62.1. The van der Waals surface area contributed by atoms with E-state index in [-0.39, 0.29) is 22.7 Å². The van der Waals surface area contributed by atoms with Crippen LogP contribution in [0.4, 0.5) is 17.6 Å². The first-order valence-corrected chi connectivity index (χ1v) is 11.6. The van der Waals surface area contributed by atoms with Gasteiger partial charge in [0.15, 0.2) is 0 Å². The van der Waals surface area contributed by atoms with Gasteiger partial charge in [0.2, 0.25) is 0 Å². The second-order valence-corrected chi connectivity index (χ2v) is 8.22. The van der Waals surface area contributed by atoms with Crippen molar-refractivity contribution in [2.24, 2.45) is 0 Å². The molecule has 0 bridgehead atoms. The summed E-state index contributed by atoms with van der Waals surface area (Å²) in [6, 6.07) is 16.1. The molecule has 0 aliphatic rings. The van der Waals surface area contributed by atoms with E-state index in [1.54, 1.807) is 24.3 Å². The molecule has 180 valence electrons. The second-order valence-electron chi connectivity index (χ2n) is 8.22. The molecule has 0 atom stereocenters. The number of ether oxygens (including phenoxy) is 1. The molecular formula is C31H22F4O. The number of hydrogen-bond donors (Lipinski definition) is 0. The van der Waals surface area contributed by atoms with Gasteiger partial charge in [-0.1, -0.05) is 55.6 Å². The number of hydrogen-bond acceptors (Lipinski definition) is 1. The maximum atomic E-state index is 14.6. The van der Waals surface area contributed by atoms with Crippen LogP contribution in [0.5, 0.6) is 5.75 Å². The molecule has 0 saturated carbocycles. The SMILES string of the molecule is CCCCCOc1cc(F)c(C#Cc2ccc(C#Cc3ccc4cc(F)ccc4c3)c(F)c2)c(F)c1. The molecule has 0 aromatic heterocycles. The zero-order valence-corrected chi connectivity index (χ0v) is 19.6. The number of benzene rings is 4. The van der Waals surface area contributed by atoms with Crippen LogP contribution in [-0.4, -0.2) is 6.61 Å². The summed E-state index contributed by atoms with van der Waals surface area (Å²) in [6.45, 7) is 2.43. The van der Waals surface area contributed by atoms with Gasteiger partial charge in [-0.15, -0.1) is 0 Å². The van der Waals surface area contributed by atoms with Crippen molar-refractivity contribution in [1.82, 2.24) is 0 Å². The topological polar surface area (TPSA) is 9.23 Å². The van der Waals surface area contributed by atoms with E-state index in [0.29, 0.717) is 12.2 Å². The Hall–Kier alpha value is -4.22. The maximum absolute atomic E-state index is 14.6. The van der Waals surface area contributed by atoms with Gasteiger partial charge in [0, 0.05) is 23.3 Å². The van der Waals surface area contributed by atoms with Gasteiger partial charge in [0.1, 0.15) is 29.0 Å². The molecule has 4 aromatic carbocycles. The minimum atomic E-state index is -0.839. The van der Waals surface area contributed by atoms with Crippen LogP contribution in [0.1, 0.15) is 48.4 Å². The quantitative estimate of drug-likeness (QED) is 0.159. The Morgan fingerprint density at radius 2 is 1.31 bits per heavy atom. The van der Waals surface area contributed by atoms with Crippen molar-refractivity contribution in [3.05, 3.63) is 112 Å². The molecule has 1 nitrogen and oxygen atoms in total. The number of halogens is 4. The molecule has 4 rings (SSSR count). The van der Waals surface area contributed by atoms with Gasteiger partial charge in [-0.05, 0) is 59.7 Å². The molecule has 0 saturated heterocycles. The third-order valence-electron chi connectivity index (χ3n) is 5.48. The van der Waals surface area contributed by atoms with Crippen molar-refractivity contribution in [2.75, 3.05) is 6.61 Å². The Kier molecular flexibility index (Phi) is 7.93. The fourth-order valence-corrected chi connectivity index (χ4v) is 3.56. The minimum Gasteiger partial charge on any atom is -0.493 e. The van der Waals surface area contributed by atoms with Gasteiger partial charge >= 0.3 is 0 Å². The summed E-state index contributed by atoms with van der Waals surface area (Å²) in [5.74, 6) is 8.22. The Morgan fingerprint density at radius 3 is 2.06 bits per heavy atom. The molecule has 4 aromatic rings. The van der Waals surface area contributed by atoms with Crippen LogP contribution >= 0.6 is 0 Å². The van der Waals surface area contributed by atoms with Crippen LogP contribution < -0.4 is 4.74 Å². The van der Waals surface area contributed by atoms with Crippen LogP contribution in [0.15, 0.2) is 66.7 Å². The van der Waals surface area contributed by atoms with E-state index in [2.05, 4.69) is 30.6 Å². The molecule has 36 heavy (non-hydrogen) atoms. The van der Waals surface area contributed by atoms with Gasteiger partial charge in [-0.3, -0.25) is 0 Å². The highest BCUT2D eigenvalue weighted by molar-refractivity contribution is 5.84. The highest BCUT2D eigenvalue weighted by Gasteiger charge is 2.10. The largest absolute Gasteiger partial charge is 0.493 e. The van der Waals surface area contributed by atoms with Crippen molar-refractivity contribution in [2.45, 2.75) is 26.2 Å². The van der Waals surface area contributed by atoms with E-state index < -0.39 is 23.0 Å². The summed E-state index contributed by atoms with van der Waals surface area (Å²) in [5, 5.41) is 1.57. The van der Waals surface area contributed by atoms with E-state index in [1.165, 1.54) is 30.3 Å². The average Bonchev–Trinajstić information content (AvgIpc) is 2.85. The first-order chi connectivity index (χ1) is 17.4. The molecular weight excluding hydrogens is 464 g/mol. The lowest BCUT2D eigenvalue weighted by atomic mass is 10.1. The van der Waals surface area contributed by atoms with Crippen molar-refractivity contribution in [1.29, 1.82) is 0 Å². The van der Waals surface area contributed by atoms with Gasteiger partial charge in [0.05, 0.1) is 17.7 Å². The Bertz CT molecular complexity index is 1510. The zero-order valence-electron chi connectivity index (χ0n) is 19.6. The van der Waals surface area contributed by atoms with Gasteiger partial charge in [-0.2, -0.15) is 0 Å². The number of unbranched alkanes of at least 4 members (excludes halogenated alkanes) is 2. The molecule has 0 aliphatic heterocycles. The van der Waals surface area contributed by atoms with Crippen LogP contribution in [0.2, 0.25) is 0 Å². The van der Waals surface area contributed by atoms with Crippen molar-refractivity contribution in [3.63, 3.8) is 0 Å². The third kappa shape index (κ3) is 6.26. The zero-order chi connectivity index (χ0) is 25.5. The highest BCUT2D eigenvalue weighted by atomic mass is 19.1. The van der Waals surface area contributed by atoms with E-state index in [1.807, 2.05) is 0 Å². The molecule has 0 fully saturated rings. The Morgan fingerprint density at radius 1 is 0.639 bits per heavy atom. The number of fused-ring (bicyclic) bond motifs is 1. The Labute approximate surface area is 207 Å². The molecule has 0 unspecified atom stereocenters. The summed E-state index contributed by atoms with van der Waals surface area (Å²) in [5.41, 5.74) is 0.656. The monoisotopic (exact) mass is 486 g/mol. The highest BCUT2D eigenvalue weighted by Crippen LogP contribution is 2.21. The maximum Gasteiger partial charge on any atom is 0.145 e. The van der Waals surface area contributed by atoms with Gasteiger partial charge in [0.25, 0.3) is 0 Å². The molecule has 0 spiro atoms. The summed E-state index contributed by atoms with van der Waals surface area (Å²) >= 11 is 0. The lowest BCUT2D eigenvalue weighted by molar-refractivity contribution is 0.303. The molecule has 0 aliphatic carbocycles. The Balaban J connectivity index is 1.49. The van der Waals surface area contributed by atoms with E-state index in [4.69, 9.17) is 4.74 Å². The number of rotatable bonds is 5. The summed E-state index contributed by atoms with van der Waals surface area (Å²) in [7, 11) is 0. The van der Waals surface area contributed by atoms with E-state index in [9.17, 15) is 17.6 Å². The fraction of sp³-hybridized carbons (Fsp3) is 0.161. The van der Waals surface area contributed by atoms with Crippen molar-refractivity contribution >= 4 is 10.8 Å². The first-order valence-electron chi connectivity index (χ1n) is 11.6. The van der Waals surface area contributed by atoms with Gasteiger partial charge in [-0.25, -0.2) is 17.6 Å². The predicted molar refractivity (Wildman–Crippen MR) is 134 cm³/mol. The predicted octanol–water partition coefficient (Wildman–Crippen LogP) is 7.76.